The van der Waals surface area contributed by atoms with E-state index in [-0.39, 0.29) is 11.5 Å². The van der Waals surface area contributed by atoms with E-state index in [2.05, 4.69) is 26.3 Å². The van der Waals surface area contributed by atoms with Gasteiger partial charge in [-0.15, -0.1) is 0 Å². The van der Waals surface area contributed by atoms with E-state index in [0.29, 0.717) is 0 Å². The second-order valence-electron chi connectivity index (χ2n) is 3.99. The van der Waals surface area contributed by atoms with Crippen molar-refractivity contribution in [1.29, 1.82) is 0 Å². The van der Waals surface area contributed by atoms with E-state index in [4.69, 9.17) is 18.9 Å². The topological polar surface area (TPSA) is 105 Å². The number of esters is 4. The van der Waals surface area contributed by atoms with Crippen LogP contribution in [0.4, 0.5) is 0 Å². The maximum absolute atomic E-state index is 11.2. The molecule has 0 spiro atoms. The van der Waals surface area contributed by atoms with Crippen LogP contribution in [0.2, 0.25) is 0 Å². The van der Waals surface area contributed by atoms with Crippen LogP contribution < -0.4 is 0 Å². The fraction of sp³-hybridized carbons (Fsp3) is 0.250. The molecule has 0 heterocycles. The van der Waals surface area contributed by atoms with Crippen molar-refractivity contribution in [2.24, 2.45) is 0 Å². The van der Waals surface area contributed by atoms with Crippen LogP contribution in [0, 0.1) is 0 Å². The monoisotopic (exact) mass is 402 g/mol. The minimum atomic E-state index is -1.17. The van der Waals surface area contributed by atoms with Gasteiger partial charge < -0.3 is 18.9 Å². The molecule has 0 aromatic rings. The second kappa shape index (κ2) is 13.8. The lowest BCUT2D eigenvalue weighted by atomic mass is 10.6. The molecule has 0 aliphatic carbocycles. The third-order valence-electron chi connectivity index (χ3n) is 2.15. The highest BCUT2D eigenvalue weighted by Gasteiger charge is 2.20. The normalized spacial score (nSPS) is 9.77. The molecule has 0 radical (unpaired) electrons. The molecular formula is C16H18O8S2. The Morgan fingerprint density at radius 2 is 0.846 bits per heavy atom. The Balaban J connectivity index is 4.56. The van der Waals surface area contributed by atoms with E-state index in [1.807, 2.05) is 0 Å². The van der Waals surface area contributed by atoms with Gasteiger partial charge in [-0.1, -0.05) is 47.9 Å². The molecule has 0 aromatic heterocycles. The highest BCUT2D eigenvalue weighted by Crippen LogP contribution is 2.25. The summed E-state index contributed by atoms with van der Waals surface area (Å²) < 4.78 is 19.5. The largest absolute Gasteiger partial charge is 0.421 e. The number of carbonyl (C=O) groups is 4. The Hall–Kier alpha value is -2.46. The maximum Gasteiger partial charge on any atom is 0.333 e. The van der Waals surface area contributed by atoms with E-state index < -0.39 is 36.5 Å². The summed E-state index contributed by atoms with van der Waals surface area (Å²) in [6, 6.07) is 0. The van der Waals surface area contributed by atoms with Crippen LogP contribution in [-0.2, 0) is 38.1 Å². The molecular weight excluding hydrogens is 384 g/mol. The van der Waals surface area contributed by atoms with Crippen LogP contribution in [-0.4, -0.2) is 48.0 Å². The summed E-state index contributed by atoms with van der Waals surface area (Å²) in [5.74, 6) is -2.96. The van der Waals surface area contributed by atoms with Crippen LogP contribution in [0.1, 0.15) is 0 Å². The predicted octanol–water partition coefficient (Wildman–Crippen LogP) is 1.94. The fourth-order valence-electron chi connectivity index (χ4n) is 1.10. The van der Waals surface area contributed by atoms with Gasteiger partial charge in [0.05, 0.1) is 11.5 Å². The molecule has 142 valence electrons. The highest BCUT2D eigenvalue weighted by atomic mass is 33.1. The van der Waals surface area contributed by atoms with Gasteiger partial charge in [0.15, 0.2) is 0 Å². The van der Waals surface area contributed by atoms with Crippen molar-refractivity contribution in [3.63, 3.8) is 0 Å². The molecule has 10 heteroatoms. The van der Waals surface area contributed by atoms with Gasteiger partial charge in [0.25, 0.3) is 12.6 Å². The first kappa shape index (κ1) is 23.5. The van der Waals surface area contributed by atoms with E-state index in [9.17, 15) is 19.2 Å². The molecule has 8 nitrogen and oxygen atoms in total. The highest BCUT2D eigenvalue weighted by molar-refractivity contribution is 8.76. The summed E-state index contributed by atoms with van der Waals surface area (Å²) in [5.41, 5.74) is 0. The molecule has 0 atom stereocenters. The first-order valence-electron chi connectivity index (χ1n) is 6.92. The minimum absolute atomic E-state index is 0.0569. The molecule has 0 fully saturated rings. The van der Waals surface area contributed by atoms with Gasteiger partial charge in [-0.3, -0.25) is 0 Å². The molecule has 0 bridgehead atoms. The van der Waals surface area contributed by atoms with Gasteiger partial charge in [0.1, 0.15) is 0 Å². The molecule has 0 aromatic carbocycles. The summed E-state index contributed by atoms with van der Waals surface area (Å²) in [5, 5.41) is 0. The number of carbonyl (C=O) groups excluding carboxylic acids is 4. The SMILES string of the molecule is C=CC(=O)OC(CSSCC(OC(=O)C=C)OC(=O)C=C)OC(=O)C=C. The Morgan fingerprint density at radius 3 is 1.04 bits per heavy atom. The zero-order valence-corrected chi connectivity index (χ0v) is 15.4. The summed E-state index contributed by atoms with van der Waals surface area (Å²) in [7, 11) is 2.25. The minimum Gasteiger partial charge on any atom is -0.421 e. The molecule has 0 aliphatic heterocycles. The Kier molecular flexibility index (Phi) is 12.5. The Bertz CT molecular complexity index is 479. The molecule has 0 saturated carbocycles. The van der Waals surface area contributed by atoms with Gasteiger partial charge in [0.2, 0.25) is 0 Å². The van der Waals surface area contributed by atoms with E-state index >= 15 is 0 Å². The van der Waals surface area contributed by atoms with Crippen LogP contribution >= 0.6 is 21.6 Å². The average molecular weight is 402 g/mol. The fourth-order valence-corrected chi connectivity index (χ4v) is 3.03. The summed E-state index contributed by atoms with van der Waals surface area (Å²) in [6.45, 7) is 13.0. The molecule has 26 heavy (non-hydrogen) atoms. The molecule has 0 N–H and O–H groups in total. The second-order valence-corrected chi connectivity index (χ2v) is 6.54. The van der Waals surface area contributed by atoms with Crippen molar-refractivity contribution in [1.82, 2.24) is 0 Å². The van der Waals surface area contributed by atoms with E-state index in [1.165, 1.54) is 0 Å². The molecule has 0 aliphatic rings. The van der Waals surface area contributed by atoms with Crippen molar-refractivity contribution in [3.8, 4) is 0 Å². The van der Waals surface area contributed by atoms with Crippen molar-refractivity contribution in [2.75, 3.05) is 11.5 Å². The summed E-state index contributed by atoms with van der Waals surface area (Å²) >= 11 is 0. The van der Waals surface area contributed by atoms with E-state index in [1.54, 1.807) is 0 Å². The molecule has 0 unspecified atom stereocenters. The van der Waals surface area contributed by atoms with Crippen LogP contribution in [0.15, 0.2) is 50.6 Å². The van der Waals surface area contributed by atoms with Crippen LogP contribution in [0.5, 0.6) is 0 Å². The standard InChI is InChI=1S/C16H18O8S2/c1-5-11(17)21-15(22-12(18)6-2)9-25-26-10-16(23-13(19)7-3)24-14(20)8-4/h5-8,15-16H,1-4,9-10H2. The van der Waals surface area contributed by atoms with Crippen molar-refractivity contribution in [2.45, 2.75) is 12.6 Å². The summed E-state index contributed by atoms with van der Waals surface area (Å²) in [4.78, 5) is 44.9. The lowest BCUT2D eigenvalue weighted by molar-refractivity contribution is -0.178. The Morgan fingerprint density at radius 1 is 0.615 bits per heavy atom. The third-order valence-corrected chi connectivity index (χ3v) is 4.45. The number of hydrogen-bond donors (Lipinski definition) is 0. The predicted molar refractivity (Wildman–Crippen MR) is 97.6 cm³/mol. The third kappa shape index (κ3) is 11.2. The Labute approximate surface area is 158 Å². The molecule has 0 saturated heterocycles. The van der Waals surface area contributed by atoms with Crippen LogP contribution in [0.3, 0.4) is 0 Å². The van der Waals surface area contributed by atoms with Crippen molar-refractivity contribution in [3.05, 3.63) is 50.6 Å². The van der Waals surface area contributed by atoms with Gasteiger partial charge in [0, 0.05) is 24.3 Å². The van der Waals surface area contributed by atoms with Gasteiger partial charge in [-0.25, -0.2) is 19.2 Å². The average Bonchev–Trinajstić information content (AvgIpc) is 2.63. The molecule has 0 rings (SSSR count). The zero-order valence-electron chi connectivity index (χ0n) is 13.8. The van der Waals surface area contributed by atoms with E-state index in [0.717, 1.165) is 45.9 Å². The van der Waals surface area contributed by atoms with Crippen molar-refractivity contribution >= 4 is 45.5 Å². The maximum atomic E-state index is 11.2. The van der Waals surface area contributed by atoms with Crippen molar-refractivity contribution < 1.29 is 38.1 Å². The number of ether oxygens (including phenoxy) is 4. The summed E-state index contributed by atoms with van der Waals surface area (Å²) in [6.07, 6.45) is 1.35. The lowest BCUT2D eigenvalue weighted by Crippen LogP contribution is -2.26. The number of hydrogen-bond acceptors (Lipinski definition) is 10. The lowest BCUT2D eigenvalue weighted by Gasteiger charge is -2.18. The molecule has 0 amide bonds. The van der Waals surface area contributed by atoms with Gasteiger partial charge >= 0.3 is 23.9 Å². The first-order chi connectivity index (χ1) is 12.4. The van der Waals surface area contributed by atoms with Crippen LogP contribution in [0.25, 0.3) is 0 Å². The zero-order chi connectivity index (χ0) is 19.9. The van der Waals surface area contributed by atoms with Gasteiger partial charge in [-0.2, -0.15) is 0 Å². The quantitative estimate of drug-likeness (QED) is 0.149. The smallest absolute Gasteiger partial charge is 0.333 e. The van der Waals surface area contributed by atoms with Gasteiger partial charge in [-0.05, 0) is 0 Å². The first-order valence-corrected chi connectivity index (χ1v) is 9.41. The number of rotatable bonds is 13.